The van der Waals surface area contributed by atoms with Crippen molar-refractivity contribution >= 4 is 17.8 Å². The Bertz CT molecular complexity index is 693. The number of hydrogen-bond donors (Lipinski definition) is 2. The van der Waals surface area contributed by atoms with Crippen molar-refractivity contribution in [3.05, 3.63) is 34.9 Å². The van der Waals surface area contributed by atoms with E-state index in [0.29, 0.717) is 18.5 Å². The lowest BCUT2D eigenvalue weighted by Gasteiger charge is -2.36. The van der Waals surface area contributed by atoms with Gasteiger partial charge in [0.1, 0.15) is 0 Å². The molecule has 2 amide bonds. The van der Waals surface area contributed by atoms with Gasteiger partial charge in [0.25, 0.3) is 0 Å². The first-order valence-electron chi connectivity index (χ1n) is 8.93. The zero-order chi connectivity index (χ0) is 18.6. The van der Waals surface area contributed by atoms with E-state index in [-0.39, 0.29) is 17.4 Å². The first-order chi connectivity index (χ1) is 11.9. The zero-order valence-corrected chi connectivity index (χ0v) is 15.3. The molecule has 1 heterocycles. The summed E-state index contributed by atoms with van der Waals surface area (Å²) in [6.45, 7) is 6.45. The summed E-state index contributed by atoms with van der Waals surface area (Å²) in [7, 11) is 0. The lowest BCUT2D eigenvalue weighted by atomic mass is 9.88. The molecular formula is C19H28N4O2. The Balaban J connectivity index is 2.36. The molecule has 0 bridgehead atoms. The molecule has 136 valence electrons. The molecular weight excluding hydrogens is 316 g/mol. The Labute approximate surface area is 149 Å². The van der Waals surface area contributed by atoms with E-state index >= 15 is 0 Å². The number of primary amides is 1. The molecule has 0 unspecified atom stereocenters. The number of aryl methyl sites for hydroxylation is 1. The van der Waals surface area contributed by atoms with Gasteiger partial charge in [0.05, 0.1) is 18.5 Å². The Morgan fingerprint density at radius 2 is 1.92 bits per heavy atom. The van der Waals surface area contributed by atoms with Gasteiger partial charge in [-0.3, -0.25) is 14.5 Å². The number of nitrogens with zero attached hydrogens (tertiary/aromatic N) is 2. The fourth-order valence-corrected chi connectivity index (χ4v) is 3.28. The molecule has 0 aliphatic carbocycles. The molecule has 1 aliphatic heterocycles. The third-order valence-electron chi connectivity index (χ3n) is 5.06. The van der Waals surface area contributed by atoms with Gasteiger partial charge in [-0.05, 0) is 42.5 Å². The minimum absolute atomic E-state index is 0.0249. The fourth-order valence-electron chi connectivity index (χ4n) is 3.28. The van der Waals surface area contributed by atoms with Crippen LogP contribution in [0.5, 0.6) is 0 Å². The highest BCUT2D eigenvalue weighted by Crippen LogP contribution is 2.30. The van der Waals surface area contributed by atoms with E-state index in [1.807, 2.05) is 19.9 Å². The maximum Gasteiger partial charge on any atom is 0.248 e. The Morgan fingerprint density at radius 1 is 1.24 bits per heavy atom. The third-order valence-corrected chi connectivity index (χ3v) is 5.06. The number of rotatable bonds is 7. The average Bonchev–Trinajstić information content (AvgIpc) is 2.59. The first-order valence-corrected chi connectivity index (χ1v) is 8.93. The van der Waals surface area contributed by atoms with Crippen LogP contribution in [0.25, 0.3) is 0 Å². The molecule has 2 rings (SSSR count). The van der Waals surface area contributed by atoms with Crippen molar-refractivity contribution in [1.29, 1.82) is 0 Å². The van der Waals surface area contributed by atoms with Gasteiger partial charge in [-0.25, -0.2) is 4.99 Å². The topological polar surface area (TPSA) is 102 Å². The number of carbonyl (C=O) groups excluding carboxylic acids is 2. The molecule has 25 heavy (non-hydrogen) atoms. The molecule has 1 aromatic carbocycles. The standard InChI is InChI=1S/C19H28N4O2/c1-4-7-13-8-9-14(17(20)25)10-15(13)12-23-16(24)11-19(5-2,6-3)22-18(23)21/h8-10H,4-7,11-12H2,1-3H3,(H2,20,25)(H2,21,22). The molecule has 0 atom stereocenters. The van der Waals surface area contributed by atoms with E-state index in [2.05, 4.69) is 11.9 Å². The van der Waals surface area contributed by atoms with E-state index in [1.54, 1.807) is 12.1 Å². The van der Waals surface area contributed by atoms with E-state index < -0.39 is 5.91 Å². The molecule has 6 heteroatoms. The third kappa shape index (κ3) is 4.00. The minimum atomic E-state index is -0.480. The molecule has 0 saturated carbocycles. The fraction of sp³-hybridized carbons (Fsp3) is 0.526. The molecule has 0 fully saturated rings. The Hall–Kier alpha value is -2.37. The number of aliphatic imine (C=N–C) groups is 1. The normalized spacial score (nSPS) is 16.7. The van der Waals surface area contributed by atoms with Gasteiger partial charge >= 0.3 is 0 Å². The van der Waals surface area contributed by atoms with Crippen molar-refractivity contribution in [3.63, 3.8) is 0 Å². The van der Waals surface area contributed by atoms with E-state index in [0.717, 1.165) is 36.8 Å². The zero-order valence-electron chi connectivity index (χ0n) is 15.3. The van der Waals surface area contributed by atoms with Crippen LogP contribution < -0.4 is 11.5 Å². The highest BCUT2D eigenvalue weighted by molar-refractivity contribution is 5.99. The molecule has 0 aromatic heterocycles. The van der Waals surface area contributed by atoms with Crippen LogP contribution in [0.1, 0.15) is 67.9 Å². The van der Waals surface area contributed by atoms with Crippen molar-refractivity contribution in [3.8, 4) is 0 Å². The van der Waals surface area contributed by atoms with Gasteiger partial charge in [0, 0.05) is 5.56 Å². The average molecular weight is 344 g/mol. The van der Waals surface area contributed by atoms with Crippen LogP contribution in [0, 0.1) is 0 Å². The molecule has 0 spiro atoms. The van der Waals surface area contributed by atoms with Crippen molar-refractivity contribution in [1.82, 2.24) is 4.90 Å². The van der Waals surface area contributed by atoms with Crippen molar-refractivity contribution < 1.29 is 9.59 Å². The van der Waals surface area contributed by atoms with Crippen LogP contribution in [0.2, 0.25) is 0 Å². The summed E-state index contributed by atoms with van der Waals surface area (Å²) < 4.78 is 0. The summed E-state index contributed by atoms with van der Waals surface area (Å²) >= 11 is 0. The highest BCUT2D eigenvalue weighted by atomic mass is 16.2. The number of guanidine groups is 1. The largest absolute Gasteiger partial charge is 0.369 e. The number of carbonyl (C=O) groups is 2. The van der Waals surface area contributed by atoms with Crippen LogP contribution >= 0.6 is 0 Å². The predicted molar refractivity (Wildman–Crippen MR) is 99.1 cm³/mol. The summed E-state index contributed by atoms with van der Waals surface area (Å²) in [4.78, 5) is 30.3. The molecule has 0 saturated heterocycles. The second-order valence-electron chi connectivity index (χ2n) is 6.66. The highest BCUT2D eigenvalue weighted by Gasteiger charge is 2.37. The van der Waals surface area contributed by atoms with Gasteiger partial charge in [-0.1, -0.05) is 33.3 Å². The lowest BCUT2D eigenvalue weighted by molar-refractivity contribution is -0.130. The van der Waals surface area contributed by atoms with E-state index in [4.69, 9.17) is 11.5 Å². The quantitative estimate of drug-likeness (QED) is 0.793. The van der Waals surface area contributed by atoms with Crippen molar-refractivity contribution in [2.45, 2.75) is 65.0 Å². The Kier molecular flexibility index (Phi) is 5.82. The second-order valence-corrected chi connectivity index (χ2v) is 6.66. The minimum Gasteiger partial charge on any atom is -0.369 e. The number of hydrogen-bond acceptors (Lipinski definition) is 4. The first kappa shape index (κ1) is 19.0. The Morgan fingerprint density at radius 3 is 2.44 bits per heavy atom. The monoisotopic (exact) mass is 344 g/mol. The second kappa shape index (κ2) is 7.68. The van der Waals surface area contributed by atoms with Crippen LogP contribution in [0.3, 0.4) is 0 Å². The van der Waals surface area contributed by atoms with Crippen LogP contribution in [-0.2, 0) is 17.8 Å². The smallest absolute Gasteiger partial charge is 0.248 e. The predicted octanol–water partition coefficient (Wildman–Crippen LogP) is 2.34. The summed E-state index contributed by atoms with van der Waals surface area (Å²) in [5.74, 6) is -0.248. The number of amides is 2. The molecule has 6 nitrogen and oxygen atoms in total. The number of benzene rings is 1. The maximum absolute atomic E-state index is 12.7. The van der Waals surface area contributed by atoms with E-state index in [9.17, 15) is 9.59 Å². The lowest BCUT2D eigenvalue weighted by Crippen LogP contribution is -2.50. The van der Waals surface area contributed by atoms with Gasteiger partial charge in [-0.15, -0.1) is 0 Å². The molecule has 1 aromatic rings. The molecule has 1 aliphatic rings. The summed E-state index contributed by atoms with van der Waals surface area (Å²) in [5, 5.41) is 0. The van der Waals surface area contributed by atoms with E-state index in [1.165, 1.54) is 4.90 Å². The van der Waals surface area contributed by atoms with Crippen molar-refractivity contribution in [2.75, 3.05) is 0 Å². The number of nitrogens with two attached hydrogens (primary N) is 2. The van der Waals surface area contributed by atoms with Crippen LogP contribution in [0.15, 0.2) is 23.2 Å². The molecule has 0 radical (unpaired) electrons. The maximum atomic E-state index is 12.7. The van der Waals surface area contributed by atoms with Crippen molar-refractivity contribution in [2.24, 2.45) is 16.5 Å². The van der Waals surface area contributed by atoms with Crippen LogP contribution in [0.4, 0.5) is 0 Å². The SMILES string of the molecule is CCCc1ccc(C(N)=O)cc1CN1C(=O)CC(CC)(CC)N=C1N. The summed E-state index contributed by atoms with van der Waals surface area (Å²) in [5.41, 5.74) is 13.6. The van der Waals surface area contributed by atoms with Gasteiger partial charge < -0.3 is 11.5 Å². The summed E-state index contributed by atoms with van der Waals surface area (Å²) in [6, 6.07) is 5.39. The summed E-state index contributed by atoms with van der Waals surface area (Å²) in [6.07, 6.45) is 3.75. The molecule has 4 N–H and O–H groups in total. The van der Waals surface area contributed by atoms with Gasteiger partial charge in [0.2, 0.25) is 11.8 Å². The van der Waals surface area contributed by atoms with Crippen LogP contribution in [-0.4, -0.2) is 28.2 Å². The van der Waals surface area contributed by atoms with Gasteiger partial charge in [-0.2, -0.15) is 0 Å². The van der Waals surface area contributed by atoms with Gasteiger partial charge in [0.15, 0.2) is 5.96 Å².